The summed E-state index contributed by atoms with van der Waals surface area (Å²) >= 11 is 0.901. The van der Waals surface area contributed by atoms with E-state index >= 15 is 0 Å². The highest BCUT2D eigenvalue weighted by Gasteiger charge is 2.42. The van der Waals surface area contributed by atoms with E-state index in [0.29, 0.717) is 0 Å². The van der Waals surface area contributed by atoms with Crippen LogP contribution in [0, 0.1) is 0 Å². The fourth-order valence-electron chi connectivity index (χ4n) is 1.03. The fourth-order valence-corrected chi connectivity index (χ4v) is 1.57. The quantitative estimate of drug-likeness (QED) is 0.479. The van der Waals surface area contributed by atoms with Gasteiger partial charge in [-0.3, -0.25) is 4.79 Å². The molecule has 0 amide bonds. The Morgan fingerprint density at radius 3 is 2.41 bits per heavy atom. The van der Waals surface area contributed by atoms with Crippen molar-refractivity contribution in [1.82, 2.24) is 0 Å². The fraction of sp³-hybridized carbons (Fsp3) is 0.333. The lowest BCUT2D eigenvalue weighted by Gasteiger charge is -2.00. The molecule has 0 fully saturated rings. The van der Waals surface area contributed by atoms with Crippen LogP contribution in [0.4, 0.5) is 13.2 Å². The van der Waals surface area contributed by atoms with E-state index in [9.17, 15) is 22.8 Å². The van der Waals surface area contributed by atoms with Crippen LogP contribution in [0.2, 0.25) is 0 Å². The molecular weight excluding hydrogens is 261 g/mol. The Hall–Kier alpha value is -1.44. The standard InChI is InChI=1S/C9H7F3O4S/c1-15-7(14)4-3-5(16-8(4)17-2)6(13)9(10,11)12/h3H,1-2H3. The smallest absolute Gasteiger partial charge is 0.458 e. The number of carbonyl (C=O) groups excluding carboxylic acids is 2. The summed E-state index contributed by atoms with van der Waals surface area (Å²) in [5.41, 5.74) is -0.201. The van der Waals surface area contributed by atoms with Crippen LogP contribution in [0.25, 0.3) is 0 Å². The zero-order chi connectivity index (χ0) is 13.2. The number of ether oxygens (including phenoxy) is 1. The molecule has 0 atom stereocenters. The molecule has 8 heteroatoms. The third-order valence-corrected chi connectivity index (χ3v) is 2.44. The third kappa shape index (κ3) is 2.82. The van der Waals surface area contributed by atoms with Gasteiger partial charge in [0.25, 0.3) is 0 Å². The van der Waals surface area contributed by atoms with Crippen LogP contribution in [0.5, 0.6) is 0 Å². The number of alkyl halides is 3. The number of hydrogen-bond donors (Lipinski definition) is 0. The summed E-state index contributed by atoms with van der Waals surface area (Å²) in [4.78, 5) is 22.1. The second-order valence-corrected chi connectivity index (χ2v) is 3.61. The highest BCUT2D eigenvalue weighted by atomic mass is 32.2. The molecule has 0 aromatic carbocycles. The van der Waals surface area contributed by atoms with Crippen LogP contribution >= 0.6 is 11.8 Å². The summed E-state index contributed by atoms with van der Waals surface area (Å²) in [6.07, 6.45) is -3.55. The molecule has 1 rings (SSSR count). The normalized spacial score (nSPS) is 11.4. The molecule has 1 heterocycles. The van der Waals surface area contributed by atoms with Crippen molar-refractivity contribution in [3.63, 3.8) is 0 Å². The van der Waals surface area contributed by atoms with Crippen molar-refractivity contribution in [3.8, 4) is 0 Å². The predicted molar refractivity (Wildman–Crippen MR) is 52.2 cm³/mol. The molecule has 0 aliphatic carbocycles. The van der Waals surface area contributed by atoms with E-state index in [1.54, 1.807) is 0 Å². The van der Waals surface area contributed by atoms with E-state index in [0.717, 1.165) is 24.9 Å². The van der Waals surface area contributed by atoms with E-state index in [2.05, 4.69) is 9.15 Å². The van der Waals surface area contributed by atoms with Gasteiger partial charge in [0.05, 0.1) is 7.11 Å². The van der Waals surface area contributed by atoms with Gasteiger partial charge >= 0.3 is 17.9 Å². The van der Waals surface area contributed by atoms with Crippen molar-refractivity contribution in [2.45, 2.75) is 11.3 Å². The summed E-state index contributed by atoms with van der Waals surface area (Å²) in [7, 11) is 1.07. The van der Waals surface area contributed by atoms with Gasteiger partial charge in [-0.05, 0) is 6.26 Å². The van der Waals surface area contributed by atoms with Crippen molar-refractivity contribution >= 4 is 23.5 Å². The second-order valence-electron chi connectivity index (χ2n) is 2.83. The lowest BCUT2D eigenvalue weighted by Crippen LogP contribution is -2.22. The van der Waals surface area contributed by atoms with Crippen molar-refractivity contribution in [3.05, 3.63) is 17.4 Å². The summed E-state index contributed by atoms with van der Waals surface area (Å²) in [6.45, 7) is 0. The van der Waals surface area contributed by atoms with Crippen LogP contribution < -0.4 is 0 Å². The number of rotatable bonds is 3. The molecule has 0 spiro atoms. The van der Waals surface area contributed by atoms with Crippen molar-refractivity contribution in [2.75, 3.05) is 13.4 Å². The van der Waals surface area contributed by atoms with Crippen LogP contribution in [0.1, 0.15) is 20.9 Å². The topological polar surface area (TPSA) is 56.5 Å². The minimum absolute atomic E-state index is 0.0931. The molecule has 17 heavy (non-hydrogen) atoms. The summed E-state index contributed by atoms with van der Waals surface area (Å²) in [6, 6.07) is 0.730. The van der Waals surface area contributed by atoms with Crippen LogP contribution in [0.15, 0.2) is 15.6 Å². The first kappa shape index (κ1) is 13.6. The van der Waals surface area contributed by atoms with E-state index in [1.807, 2.05) is 0 Å². The molecule has 0 saturated heterocycles. The first-order valence-corrected chi connectivity index (χ1v) is 5.41. The van der Waals surface area contributed by atoms with Gasteiger partial charge in [-0.1, -0.05) is 11.8 Å². The zero-order valence-corrected chi connectivity index (χ0v) is 9.57. The third-order valence-electron chi connectivity index (χ3n) is 1.77. The van der Waals surface area contributed by atoms with Gasteiger partial charge < -0.3 is 9.15 Å². The van der Waals surface area contributed by atoms with Gasteiger partial charge in [0, 0.05) is 6.07 Å². The Bertz CT molecular complexity index is 450. The van der Waals surface area contributed by atoms with E-state index in [-0.39, 0.29) is 10.7 Å². The maximum atomic E-state index is 12.1. The van der Waals surface area contributed by atoms with Gasteiger partial charge in [-0.2, -0.15) is 13.2 Å². The SMILES string of the molecule is COC(=O)c1cc(C(=O)C(F)(F)F)oc1SC. The number of hydrogen-bond acceptors (Lipinski definition) is 5. The first-order chi connectivity index (χ1) is 7.81. The van der Waals surface area contributed by atoms with E-state index in [1.165, 1.54) is 6.26 Å². The number of methoxy groups -OCH3 is 1. The maximum Gasteiger partial charge on any atom is 0.458 e. The molecule has 0 aliphatic heterocycles. The second kappa shape index (κ2) is 4.82. The van der Waals surface area contributed by atoms with Gasteiger partial charge in [0.1, 0.15) is 5.56 Å². The van der Waals surface area contributed by atoms with Gasteiger partial charge in [-0.15, -0.1) is 0 Å². The zero-order valence-electron chi connectivity index (χ0n) is 8.75. The summed E-state index contributed by atoms with van der Waals surface area (Å²) < 4.78 is 45.4. The highest BCUT2D eigenvalue weighted by Crippen LogP contribution is 2.29. The highest BCUT2D eigenvalue weighted by molar-refractivity contribution is 7.98. The van der Waals surface area contributed by atoms with Gasteiger partial charge in [-0.25, -0.2) is 4.79 Å². The number of carbonyl (C=O) groups is 2. The number of furan rings is 1. The maximum absolute atomic E-state index is 12.1. The van der Waals surface area contributed by atoms with Gasteiger partial charge in [0.2, 0.25) is 0 Å². The molecule has 0 aliphatic rings. The molecule has 0 radical (unpaired) electrons. The van der Waals surface area contributed by atoms with Crippen molar-refractivity contribution in [1.29, 1.82) is 0 Å². The molecule has 1 aromatic heterocycles. The largest absolute Gasteiger partial charge is 0.465 e. The Labute approximate surface area is 98.1 Å². The number of thioether (sulfide) groups is 1. The molecule has 0 unspecified atom stereocenters. The van der Waals surface area contributed by atoms with Crippen LogP contribution in [-0.4, -0.2) is 31.3 Å². The number of esters is 1. The van der Waals surface area contributed by atoms with E-state index in [4.69, 9.17) is 0 Å². The molecule has 4 nitrogen and oxygen atoms in total. The summed E-state index contributed by atoms with van der Waals surface area (Å²) in [5.74, 6) is -3.93. The Kier molecular flexibility index (Phi) is 3.87. The number of halogens is 3. The monoisotopic (exact) mass is 268 g/mol. The molecule has 0 bridgehead atoms. The van der Waals surface area contributed by atoms with E-state index < -0.39 is 23.7 Å². The summed E-state index contributed by atoms with van der Waals surface area (Å²) in [5, 5.41) is -0.0931. The Balaban J connectivity index is 3.18. The predicted octanol–water partition coefficient (Wildman–Crippen LogP) is 2.53. The minimum atomic E-state index is -5.04. The van der Waals surface area contributed by atoms with Gasteiger partial charge in [0.15, 0.2) is 10.9 Å². The first-order valence-electron chi connectivity index (χ1n) is 4.19. The average Bonchev–Trinajstić information content (AvgIpc) is 2.69. The molecule has 0 saturated carbocycles. The molecule has 0 N–H and O–H groups in total. The lowest BCUT2D eigenvalue weighted by molar-refractivity contribution is -0.0901. The lowest BCUT2D eigenvalue weighted by atomic mass is 10.2. The molecule has 1 aromatic rings. The van der Waals surface area contributed by atoms with Crippen molar-refractivity contribution < 1.29 is 31.9 Å². The number of ketones is 1. The van der Waals surface area contributed by atoms with Crippen LogP contribution in [-0.2, 0) is 4.74 Å². The average molecular weight is 268 g/mol. The molecule has 94 valence electrons. The Morgan fingerprint density at radius 2 is 2.00 bits per heavy atom. The number of Topliss-reactive ketones (excluding diaryl/α,β-unsaturated/α-hetero) is 1. The minimum Gasteiger partial charge on any atom is -0.465 e. The van der Waals surface area contributed by atoms with Crippen molar-refractivity contribution in [2.24, 2.45) is 0 Å². The Morgan fingerprint density at radius 1 is 1.41 bits per heavy atom. The molecular formula is C9H7F3O4S. The van der Waals surface area contributed by atoms with Crippen LogP contribution in [0.3, 0.4) is 0 Å².